The van der Waals surface area contributed by atoms with Gasteiger partial charge in [0, 0.05) is 17.6 Å². The van der Waals surface area contributed by atoms with E-state index in [4.69, 9.17) is 10.8 Å². The van der Waals surface area contributed by atoms with Gasteiger partial charge in [0.2, 0.25) is 10.0 Å². The number of rotatable bonds is 6. The Labute approximate surface area is 125 Å². The largest absolute Gasteiger partial charge is 0.396 e. The summed E-state index contributed by atoms with van der Waals surface area (Å²) in [6.45, 7) is 0.300. The quantitative estimate of drug-likeness (QED) is 0.666. The van der Waals surface area contributed by atoms with Gasteiger partial charge in [-0.25, -0.2) is 17.5 Å². The van der Waals surface area contributed by atoms with Gasteiger partial charge in [-0.05, 0) is 52.7 Å². The van der Waals surface area contributed by atoms with Gasteiger partial charge in [0.05, 0.1) is 10.6 Å². The third-order valence-corrected chi connectivity index (χ3v) is 5.94. The normalized spacial score (nSPS) is 17.1. The number of nitrogens with two attached hydrogens (primary N) is 1. The summed E-state index contributed by atoms with van der Waals surface area (Å²) in [4.78, 5) is -0.0869. The lowest BCUT2D eigenvalue weighted by atomic mass is 10.0. The highest BCUT2D eigenvalue weighted by Crippen LogP contribution is 2.48. The average molecular weight is 367 g/mol. The molecule has 1 aromatic rings. The van der Waals surface area contributed by atoms with Gasteiger partial charge in [0.1, 0.15) is 5.82 Å². The fourth-order valence-corrected chi connectivity index (χ4v) is 4.21. The van der Waals surface area contributed by atoms with E-state index in [0.717, 1.165) is 25.0 Å². The van der Waals surface area contributed by atoms with Crippen LogP contribution in [0.5, 0.6) is 0 Å². The van der Waals surface area contributed by atoms with Crippen molar-refractivity contribution >= 4 is 31.6 Å². The Balaban J connectivity index is 2.17. The molecule has 1 fully saturated rings. The fourth-order valence-electron chi connectivity index (χ4n) is 2.01. The molecule has 20 heavy (non-hydrogen) atoms. The third kappa shape index (κ3) is 3.30. The lowest BCUT2D eigenvalue weighted by Gasteiger charge is -2.15. The number of anilines is 1. The number of aliphatic hydroxyl groups excluding tert-OH is 1. The van der Waals surface area contributed by atoms with Crippen molar-refractivity contribution in [1.29, 1.82) is 0 Å². The summed E-state index contributed by atoms with van der Waals surface area (Å²) >= 11 is 3.03. The van der Waals surface area contributed by atoms with Gasteiger partial charge in [0.25, 0.3) is 0 Å². The van der Waals surface area contributed by atoms with Crippen LogP contribution in [0.3, 0.4) is 0 Å². The minimum absolute atomic E-state index is 0.0366. The second-order valence-corrected chi connectivity index (χ2v) is 7.69. The van der Waals surface area contributed by atoms with E-state index >= 15 is 0 Å². The molecule has 2 rings (SSSR count). The summed E-state index contributed by atoms with van der Waals surface area (Å²) in [6.07, 6.45) is 2.36. The van der Waals surface area contributed by atoms with Gasteiger partial charge in [-0.3, -0.25) is 0 Å². The van der Waals surface area contributed by atoms with E-state index in [9.17, 15) is 12.8 Å². The summed E-state index contributed by atoms with van der Waals surface area (Å²) in [7, 11) is -3.77. The Bertz CT molecular complexity index is 617. The zero-order valence-electron chi connectivity index (χ0n) is 10.7. The second-order valence-electron chi connectivity index (χ2n) is 5.10. The van der Waals surface area contributed by atoms with E-state index in [-0.39, 0.29) is 33.6 Å². The minimum Gasteiger partial charge on any atom is -0.396 e. The maximum absolute atomic E-state index is 13.2. The number of sulfonamides is 1. The molecule has 0 amide bonds. The lowest BCUT2D eigenvalue weighted by molar-refractivity contribution is 0.249. The summed E-state index contributed by atoms with van der Waals surface area (Å²) in [6, 6.07) is 2.12. The van der Waals surface area contributed by atoms with E-state index in [1.54, 1.807) is 0 Å². The molecule has 1 aliphatic carbocycles. The first kappa shape index (κ1) is 15.7. The Morgan fingerprint density at radius 2 is 2.10 bits per heavy atom. The molecule has 1 aromatic carbocycles. The van der Waals surface area contributed by atoms with Gasteiger partial charge in [-0.1, -0.05) is 0 Å². The molecule has 0 radical (unpaired) electrons. The summed E-state index contributed by atoms with van der Waals surface area (Å²) in [5.74, 6) is -0.672. The van der Waals surface area contributed by atoms with Crippen LogP contribution in [0.2, 0.25) is 0 Å². The molecule has 0 aliphatic heterocycles. The van der Waals surface area contributed by atoms with Crippen molar-refractivity contribution < 1.29 is 17.9 Å². The lowest BCUT2D eigenvalue weighted by Crippen LogP contribution is -2.31. The van der Waals surface area contributed by atoms with E-state index in [1.165, 1.54) is 0 Å². The molecule has 1 aliphatic rings. The molecule has 5 nitrogen and oxygen atoms in total. The summed E-state index contributed by atoms with van der Waals surface area (Å²) in [5, 5.41) is 8.96. The number of nitrogens with one attached hydrogen (secondary N) is 1. The van der Waals surface area contributed by atoms with Crippen molar-refractivity contribution in [3.05, 3.63) is 22.4 Å². The van der Waals surface area contributed by atoms with Gasteiger partial charge in [0.15, 0.2) is 0 Å². The van der Waals surface area contributed by atoms with Crippen LogP contribution < -0.4 is 10.5 Å². The first-order valence-corrected chi connectivity index (χ1v) is 8.42. The first-order chi connectivity index (χ1) is 9.30. The number of halogens is 2. The second kappa shape index (κ2) is 5.59. The van der Waals surface area contributed by atoms with Crippen LogP contribution in [0.15, 0.2) is 21.5 Å². The molecule has 0 aromatic heterocycles. The molecule has 0 atom stereocenters. The molecule has 0 unspecified atom stereocenters. The van der Waals surface area contributed by atoms with Crippen LogP contribution in [0.4, 0.5) is 10.1 Å². The van der Waals surface area contributed by atoms with Crippen LogP contribution in [-0.4, -0.2) is 26.7 Å². The van der Waals surface area contributed by atoms with E-state index in [1.807, 2.05) is 0 Å². The van der Waals surface area contributed by atoms with Gasteiger partial charge < -0.3 is 10.8 Å². The van der Waals surface area contributed by atoms with Crippen molar-refractivity contribution in [3.63, 3.8) is 0 Å². The monoisotopic (exact) mass is 366 g/mol. The first-order valence-electron chi connectivity index (χ1n) is 6.15. The van der Waals surface area contributed by atoms with Crippen molar-refractivity contribution in [2.45, 2.75) is 24.2 Å². The Morgan fingerprint density at radius 1 is 1.45 bits per heavy atom. The van der Waals surface area contributed by atoms with Gasteiger partial charge in [-0.15, -0.1) is 0 Å². The number of aliphatic hydroxyl groups is 1. The maximum atomic E-state index is 13.2. The van der Waals surface area contributed by atoms with Crippen LogP contribution in [-0.2, 0) is 10.0 Å². The van der Waals surface area contributed by atoms with E-state index in [2.05, 4.69) is 20.7 Å². The number of benzene rings is 1. The van der Waals surface area contributed by atoms with Crippen LogP contribution in [0.1, 0.15) is 19.3 Å². The fraction of sp³-hybridized carbons (Fsp3) is 0.500. The molecule has 0 saturated heterocycles. The molecule has 1 saturated carbocycles. The summed E-state index contributed by atoms with van der Waals surface area (Å²) < 4.78 is 40.3. The maximum Gasteiger partial charge on any atom is 0.241 e. The SMILES string of the molecule is Nc1cc(S(=O)(=O)NCC2(CCO)CC2)c(Br)cc1F. The Morgan fingerprint density at radius 3 is 2.65 bits per heavy atom. The molecule has 8 heteroatoms. The molecule has 4 N–H and O–H groups in total. The predicted molar refractivity (Wildman–Crippen MR) is 77.1 cm³/mol. The zero-order valence-corrected chi connectivity index (χ0v) is 13.1. The van der Waals surface area contributed by atoms with Crippen molar-refractivity contribution in [1.82, 2.24) is 4.72 Å². The number of nitrogen functional groups attached to an aromatic ring is 1. The number of hydrogen-bond acceptors (Lipinski definition) is 4. The Kier molecular flexibility index (Phi) is 4.38. The van der Waals surface area contributed by atoms with Crippen molar-refractivity contribution in [2.24, 2.45) is 5.41 Å². The van der Waals surface area contributed by atoms with E-state index in [0.29, 0.717) is 6.42 Å². The smallest absolute Gasteiger partial charge is 0.241 e. The topological polar surface area (TPSA) is 92.4 Å². The summed E-state index contributed by atoms with van der Waals surface area (Å²) in [5.41, 5.74) is 5.05. The highest BCUT2D eigenvalue weighted by molar-refractivity contribution is 9.10. The molecule has 0 heterocycles. The third-order valence-electron chi connectivity index (χ3n) is 3.58. The minimum atomic E-state index is -3.77. The zero-order chi connectivity index (χ0) is 15.0. The Hall–Kier alpha value is -0.700. The van der Waals surface area contributed by atoms with Crippen molar-refractivity contribution in [2.75, 3.05) is 18.9 Å². The van der Waals surface area contributed by atoms with Crippen molar-refractivity contribution in [3.8, 4) is 0 Å². The standard InChI is InChI=1S/C12H16BrFN2O3S/c13-8-5-9(14)10(15)6-11(8)20(18,19)16-7-12(1-2-12)3-4-17/h5-6,16-17H,1-4,7,15H2. The molecule has 0 spiro atoms. The van der Waals surface area contributed by atoms with Crippen LogP contribution in [0, 0.1) is 11.2 Å². The molecule has 0 bridgehead atoms. The average Bonchev–Trinajstić information content (AvgIpc) is 3.12. The van der Waals surface area contributed by atoms with E-state index < -0.39 is 15.8 Å². The molecule has 112 valence electrons. The van der Waals surface area contributed by atoms with Gasteiger partial charge in [-0.2, -0.15) is 0 Å². The van der Waals surface area contributed by atoms with Gasteiger partial charge >= 0.3 is 0 Å². The predicted octanol–water partition coefficient (Wildman–Crippen LogP) is 1.61. The molecular weight excluding hydrogens is 351 g/mol. The number of hydrogen-bond donors (Lipinski definition) is 3. The van der Waals surface area contributed by atoms with Crippen LogP contribution in [0.25, 0.3) is 0 Å². The molecular formula is C12H16BrFN2O3S. The highest BCUT2D eigenvalue weighted by atomic mass is 79.9. The highest BCUT2D eigenvalue weighted by Gasteiger charge is 2.42. The van der Waals surface area contributed by atoms with Crippen LogP contribution >= 0.6 is 15.9 Å².